The molecule has 0 aliphatic heterocycles. The summed E-state index contributed by atoms with van der Waals surface area (Å²) in [5.41, 5.74) is -0.397. The van der Waals surface area contributed by atoms with Gasteiger partial charge in [0.2, 0.25) is 10.0 Å². The molecule has 2 rings (SSSR count). The van der Waals surface area contributed by atoms with E-state index in [0.717, 1.165) is 28.6 Å². The first-order chi connectivity index (χ1) is 11.6. The van der Waals surface area contributed by atoms with Gasteiger partial charge in [0.15, 0.2) is 0 Å². The van der Waals surface area contributed by atoms with Crippen molar-refractivity contribution in [1.29, 1.82) is 0 Å². The van der Waals surface area contributed by atoms with E-state index in [2.05, 4.69) is 9.97 Å². The summed E-state index contributed by atoms with van der Waals surface area (Å²) in [5, 5.41) is 8.79. The van der Waals surface area contributed by atoms with Gasteiger partial charge in [-0.1, -0.05) is 0 Å². The largest absolute Gasteiger partial charge is 0.481 e. The number of H-pyrrole nitrogens is 1. The van der Waals surface area contributed by atoms with Crippen LogP contribution >= 0.6 is 0 Å². The van der Waals surface area contributed by atoms with Crippen LogP contribution in [0.2, 0.25) is 0 Å². The fourth-order valence-electron chi connectivity index (χ4n) is 2.19. The lowest BCUT2D eigenvalue weighted by Crippen LogP contribution is -2.30. The number of hydrogen-bond acceptors (Lipinski definition) is 5. The van der Waals surface area contributed by atoms with Gasteiger partial charge in [-0.3, -0.25) is 9.59 Å². The van der Waals surface area contributed by atoms with Crippen LogP contribution in [-0.2, 0) is 27.8 Å². The minimum Gasteiger partial charge on any atom is -0.481 e. The molecule has 134 valence electrons. The molecule has 1 heterocycles. The average Bonchev–Trinajstić information content (AvgIpc) is 2.51. The van der Waals surface area contributed by atoms with Crippen molar-refractivity contribution in [3.05, 3.63) is 57.5 Å². The molecular formula is C15H16FN3O5S. The highest BCUT2D eigenvalue weighted by molar-refractivity contribution is 7.89. The molecule has 0 fully saturated rings. The number of halogens is 1. The quantitative estimate of drug-likeness (QED) is 0.772. The van der Waals surface area contributed by atoms with Crippen LogP contribution in [0.3, 0.4) is 0 Å². The first kappa shape index (κ1) is 18.7. The van der Waals surface area contributed by atoms with E-state index in [9.17, 15) is 22.4 Å². The number of sulfonamides is 1. The molecule has 0 unspecified atom stereocenters. The van der Waals surface area contributed by atoms with Crippen molar-refractivity contribution in [3.63, 3.8) is 0 Å². The van der Waals surface area contributed by atoms with Crippen LogP contribution in [0.15, 0.2) is 34.0 Å². The number of rotatable bonds is 6. The van der Waals surface area contributed by atoms with Crippen molar-refractivity contribution in [3.8, 4) is 0 Å². The number of carbonyl (C=O) groups is 1. The summed E-state index contributed by atoms with van der Waals surface area (Å²) in [6.45, 7) is 1.24. The summed E-state index contributed by atoms with van der Waals surface area (Å²) in [6.07, 6.45) is -0.474. The topological polar surface area (TPSA) is 120 Å². The molecule has 0 saturated heterocycles. The molecule has 2 aromatic rings. The highest BCUT2D eigenvalue weighted by atomic mass is 32.2. The van der Waals surface area contributed by atoms with E-state index in [1.807, 2.05) is 0 Å². The van der Waals surface area contributed by atoms with Crippen molar-refractivity contribution in [2.75, 3.05) is 7.05 Å². The first-order valence-corrected chi connectivity index (χ1v) is 8.57. The molecule has 8 nitrogen and oxygen atoms in total. The van der Waals surface area contributed by atoms with Crippen molar-refractivity contribution < 1.29 is 22.7 Å². The molecule has 0 atom stereocenters. The summed E-state index contributed by atoms with van der Waals surface area (Å²) in [4.78, 5) is 29.1. The van der Waals surface area contributed by atoms with Crippen LogP contribution in [0.5, 0.6) is 0 Å². The van der Waals surface area contributed by atoms with E-state index in [0.29, 0.717) is 0 Å². The van der Waals surface area contributed by atoms with Crippen LogP contribution in [0.1, 0.15) is 17.1 Å². The Balaban J connectivity index is 2.28. The Morgan fingerprint density at radius 3 is 2.44 bits per heavy atom. The fourth-order valence-corrected chi connectivity index (χ4v) is 3.32. The zero-order valence-corrected chi connectivity index (χ0v) is 14.3. The molecule has 0 saturated carbocycles. The maximum absolute atomic E-state index is 12.9. The third-order valence-corrected chi connectivity index (χ3v) is 5.31. The van der Waals surface area contributed by atoms with Gasteiger partial charge >= 0.3 is 5.97 Å². The summed E-state index contributed by atoms with van der Waals surface area (Å²) in [7, 11) is -2.61. The minimum atomic E-state index is -3.90. The van der Waals surface area contributed by atoms with Gasteiger partial charge in [-0.25, -0.2) is 17.8 Å². The summed E-state index contributed by atoms with van der Waals surface area (Å²) in [6, 6.07) is 4.34. The minimum absolute atomic E-state index is 0.0142. The molecule has 0 radical (unpaired) electrons. The Hall–Kier alpha value is -2.59. The number of aromatic nitrogens is 2. The normalized spacial score (nSPS) is 11.7. The van der Waals surface area contributed by atoms with Gasteiger partial charge in [0.05, 0.1) is 17.9 Å². The van der Waals surface area contributed by atoms with Crippen molar-refractivity contribution in [2.24, 2.45) is 0 Å². The number of nitrogens with one attached hydrogen (secondary N) is 1. The van der Waals surface area contributed by atoms with Crippen molar-refractivity contribution in [2.45, 2.75) is 24.8 Å². The number of nitrogens with zero attached hydrogens (tertiary/aromatic N) is 2. The maximum atomic E-state index is 12.9. The van der Waals surface area contributed by atoms with E-state index < -0.39 is 33.8 Å². The van der Waals surface area contributed by atoms with E-state index >= 15 is 0 Å². The van der Waals surface area contributed by atoms with Crippen LogP contribution < -0.4 is 5.56 Å². The van der Waals surface area contributed by atoms with E-state index in [4.69, 9.17) is 5.11 Å². The molecule has 1 aromatic heterocycles. The number of aryl methyl sites for hydroxylation is 1. The van der Waals surface area contributed by atoms with Crippen LogP contribution in [0.25, 0.3) is 0 Å². The van der Waals surface area contributed by atoms with Gasteiger partial charge in [0.25, 0.3) is 5.56 Å². The molecular weight excluding hydrogens is 353 g/mol. The number of carboxylic acid groups (broad SMARTS) is 1. The van der Waals surface area contributed by atoms with E-state index in [1.54, 1.807) is 0 Å². The number of carboxylic acids is 1. The number of hydrogen-bond donors (Lipinski definition) is 2. The molecule has 10 heteroatoms. The fraction of sp³-hybridized carbons (Fsp3) is 0.267. The first-order valence-electron chi connectivity index (χ1n) is 7.13. The number of aliphatic carboxylic acids is 1. The predicted octanol–water partition coefficient (Wildman–Crippen LogP) is 0.665. The Morgan fingerprint density at radius 2 is 1.92 bits per heavy atom. The van der Waals surface area contributed by atoms with Crippen LogP contribution in [0.4, 0.5) is 4.39 Å². The Bertz CT molecular complexity index is 954. The second-order valence-corrected chi connectivity index (χ2v) is 7.41. The zero-order chi connectivity index (χ0) is 18.8. The smallest absolute Gasteiger partial charge is 0.308 e. The van der Waals surface area contributed by atoms with Gasteiger partial charge in [-0.2, -0.15) is 4.31 Å². The molecule has 0 bridgehead atoms. The number of aromatic amines is 1. The van der Waals surface area contributed by atoms with Gasteiger partial charge in [0.1, 0.15) is 11.6 Å². The second kappa shape index (κ2) is 7.11. The lowest BCUT2D eigenvalue weighted by molar-refractivity contribution is -0.136. The van der Waals surface area contributed by atoms with Crippen molar-refractivity contribution in [1.82, 2.24) is 14.3 Å². The lowest BCUT2D eigenvalue weighted by Gasteiger charge is -2.17. The van der Waals surface area contributed by atoms with Gasteiger partial charge < -0.3 is 10.1 Å². The molecule has 0 spiro atoms. The lowest BCUT2D eigenvalue weighted by atomic mass is 10.2. The monoisotopic (exact) mass is 369 g/mol. The maximum Gasteiger partial charge on any atom is 0.308 e. The highest BCUT2D eigenvalue weighted by Gasteiger charge is 2.22. The molecule has 2 N–H and O–H groups in total. The summed E-state index contributed by atoms with van der Waals surface area (Å²) in [5.74, 6) is -1.65. The molecule has 25 heavy (non-hydrogen) atoms. The second-order valence-electron chi connectivity index (χ2n) is 5.36. The van der Waals surface area contributed by atoms with E-state index in [1.165, 1.54) is 14.0 Å². The summed E-state index contributed by atoms with van der Waals surface area (Å²) < 4.78 is 38.8. The van der Waals surface area contributed by atoms with Crippen LogP contribution in [0, 0.1) is 12.7 Å². The zero-order valence-electron chi connectivity index (χ0n) is 13.5. The average molecular weight is 369 g/mol. The molecule has 1 aromatic carbocycles. The van der Waals surface area contributed by atoms with Gasteiger partial charge in [-0.15, -0.1) is 0 Å². The standard InChI is InChI=1S/C15H16FN3O5S/c1-9-12(7-14(20)21)15(22)18-13(17-9)8-19(2)25(23,24)11-5-3-10(16)4-6-11/h3-6H,7-8H2,1-2H3,(H,20,21)(H,17,18,22). The molecule has 0 aliphatic carbocycles. The highest BCUT2D eigenvalue weighted by Crippen LogP contribution is 2.16. The third kappa shape index (κ3) is 4.28. The van der Waals surface area contributed by atoms with Gasteiger partial charge in [-0.05, 0) is 31.2 Å². The Kier molecular flexibility index (Phi) is 5.33. The molecule has 0 amide bonds. The SMILES string of the molecule is Cc1nc(CN(C)S(=O)(=O)c2ccc(F)cc2)[nH]c(=O)c1CC(=O)O. The third-order valence-electron chi connectivity index (χ3n) is 3.49. The Morgan fingerprint density at radius 1 is 1.32 bits per heavy atom. The number of benzene rings is 1. The van der Waals surface area contributed by atoms with E-state index in [-0.39, 0.29) is 28.5 Å². The van der Waals surface area contributed by atoms with Crippen LogP contribution in [-0.4, -0.2) is 40.8 Å². The van der Waals surface area contributed by atoms with Crippen molar-refractivity contribution >= 4 is 16.0 Å². The summed E-state index contributed by atoms with van der Waals surface area (Å²) >= 11 is 0. The molecule has 0 aliphatic rings. The Labute approximate surface area is 143 Å². The van der Waals surface area contributed by atoms with Gasteiger partial charge in [0, 0.05) is 18.3 Å². The predicted molar refractivity (Wildman–Crippen MR) is 86.0 cm³/mol.